The zero-order valence-electron chi connectivity index (χ0n) is 12.0. The predicted octanol–water partition coefficient (Wildman–Crippen LogP) is 0.942. The summed E-state index contributed by atoms with van der Waals surface area (Å²) in [4.78, 5) is 11.6. The molecule has 2 rings (SSSR count). The molecule has 114 valence electrons. The van der Waals surface area contributed by atoms with Crippen LogP contribution in [0, 0.1) is 0 Å². The summed E-state index contributed by atoms with van der Waals surface area (Å²) in [6.07, 6.45) is 2.88. The molecule has 1 aliphatic carbocycles. The molecule has 0 bridgehead atoms. The van der Waals surface area contributed by atoms with Gasteiger partial charge in [-0.05, 0) is 33.6 Å². The smallest absolute Gasteiger partial charge is 0.407 e. The van der Waals surface area contributed by atoms with Crippen molar-refractivity contribution in [3.8, 4) is 0 Å². The Bertz CT molecular complexity index is 501. The molecule has 0 aromatic heterocycles. The van der Waals surface area contributed by atoms with Gasteiger partial charge >= 0.3 is 6.09 Å². The summed E-state index contributed by atoms with van der Waals surface area (Å²) in [5.74, 6) is 0.133. The van der Waals surface area contributed by atoms with Crippen LogP contribution in [0.25, 0.3) is 0 Å². The molecule has 1 saturated carbocycles. The van der Waals surface area contributed by atoms with Gasteiger partial charge in [-0.2, -0.15) is 0 Å². The van der Waals surface area contributed by atoms with E-state index in [0.717, 1.165) is 12.8 Å². The molecule has 1 fully saturated rings. The van der Waals surface area contributed by atoms with E-state index in [4.69, 9.17) is 4.74 Å². The van der Waals surface area contributed by atoms with Gasteiger partial charge < -0.3 is 15.4 Å². The Labute approximate surface area is 119 Å². The van der Waals surface area contributed by atoms with Crippen LogP contribution in [0.2, 0.25) is 0 Å². The number of nitrogens with one attached hydrogen (secondary N) is 2. The minimum Gasteiger partial charge on any atom is -0.444 e. The molecule has 1 heterocycles. The average Bonchev–Trinajstić information content (AvgIpc) is 2.52. The van der Waals surface area contributed by atoms with Crippen LogP contribution >= 0.6 is 0 Å². The van der Waals surface area contributed by atoms with Crippen molar-refractivity contribution in [2.24, 2.45) is 0 Å². The molecule has 6 nitrogen and oxygen atoms in total. The maximum atomic E-state index is 11.6. The van der Waals surface area contributed by atoms with Crippen molar-refractivity contribution in [1.82, 2.24) is 10.6 Å². The molecule has 0 aromatic rings. The van der Waals surface area contributed by atoms with Crippen molar-refractivity contribution < 1.29 is 17.9 Å². The van der Waals surface area contributed by atoms with Crippen molar-refractivity contribution in [3.05, 3.63) is 11.5 Å². The second-order valence-corrected chi connectivity index (χ2v) is 8.37. The largest absolute Gasteiger partial charge is 0.444 e. The monoisotopic (exact) mass is 302 g/mol. The lowest BCUT2D eigenvalue weighted by atomic mass is 9.86. The predicted molar refractivity (Wildman–Crippen MR) is 76.0 cm³/mol. The fraction of sp³-hybridized carbons (Fsp3) is 0.769. The van der Waals surface area contributed by atoms with Crippen molar-refractivity contribution >= 4 is 15.9 Å². The first-order valence-corrected chi connectivity index (χ1v) is 8.51. The highest BCUT2D eigenvalue weighted by Gasteiger charge is 2.34. The summed E-state index contributed by atoms with van der Waals surface area (Å²) in [6, 6.07) is 0.245. The van der Waals surface area contributed by atoms with Crippen LogP contribution in [-0.2, 0) is 14.6 Å². The number of amides is 1. The molecular weight excluding hydrogens is 280 g/mol. The van der Waals surface area contributed by atoms with E-state index < -0.39 is 21.5 Å². The van der Waals surface area contributed by atoms with Crippen LogP contribution in [0.15, 0.2) is 11.5 Å². The zero-order valence-corrected chi connectivity index (χ0v) is 12.9. The van der Waals surface area contributed by atoms with Gasteiger partial charge in [-0.25, -0.2) is 13.2 Å². The maximum absolute atomic E-state index is 11.6. The summed E-state index contributed by atoms with van der Waals surface area (Å²) in [5, 5.41) is 7.33. The van der Waals surface area contributed by atoms with E-state index in [9.17, 15) is 13.2 Å². The Hall–Kier alpha value is -1.08. The van der Waals surface area contributed by atoms with Crippen LogP contribution in [0.1, 0.15) is 33.6 Å². The molecule has 0 saturated heterocycles. The third-order valence-corrected chi connectivity index (χ3v) is 4.63. The Morgan fingerprint density at radius 2 is 1.90 bits per heavy atom. The third kappa shape index (κ3) is 4.49. The fourth-order valence-electron chi connectivity index (χ4n) is 2.33. The van der Waals surface area contributed by atoms with Gasteiger partial charge in [0.1, 0.15) is 5.60 Å². The second kappa shape index (κ2) is 5.37. The summed E-state index contributed by atoms with van der Waals surface area (Å²) >= 11 is 0. The van der Waals surface area contributed by atoms with E-state index in [1.807, 2.05) is 20.8 Å². The van der Waals surface area contributed by atoms with Crippen molar-refractivity contribution in [3.63, 3.8) is 0 Å². The minimum absolute atomic E-state index is 0.101. The van der Waals surface area contributed by atoms with Gasteiger partial charge in [0.25, 0.3) is 0 Å². The molecule has 2 aliphatic rings. The molecule has 20 heavy (non-hydrogen) atoms. The summed E-state index contributed by atoms with van der Waals surface area (Å²) < 4.78 is 27.7. The molecule has 0 spiro atoms. The van der Waals surface area contributed by atoms with Crippen LogP contribution in [0.4, 0.5) is 4.79 Å². The van der Waals surface area contributed by atoms with Gasteiger partial charge in [-0.1, -0.05) is 6.08 Å². The number of hydrogen-bond donors (Lipinski definition) is 2. The molecule has 2 N–H and O–H groups in total. The van der Waals surface area contributed by atoms with Crippen LogP contribution in [0.5, 0.6) is 0 Å². The molecule has 7 heteroatoms. The normalized spacial score (nSPS) is 31.6. The summed E-state index contributed by atoms with van der Waals surface area (Å²) in [7, 11) is -3.01. The summed E-state index contributed by atoms with van der Waals surface area (Å²) in [6.45, 7) is 5.47. The number of ether oxygens (including phenoxy) is 1. The van der Waals surface area contributed by atoms with Gasteiger partial charge in [-0.3, -0.25) is 0 Å². The van der Waals surface area contributed by atoms with E-state index >= 15 is 0 Å². The molecule has 1 amide bonds. The Balaban J connectivity index is 1.66. The topological polar surface area (TPSA) is 84.5 Å². The van der Waals surface area contributed by atoms with Gasteiger partial charge in [0.2, 0.25) is 0 Å². The summed E-state index contributed by atoms with van der Waals surface area (Å²) in [5.41, 5.74) is -0.492. The van der Waals surface area contributed by atoms with Gasteiger partial charge in [-0.15, -0.1) is 0 Å². The molecule has 1 atom stereocenters. The first kappa shape index (κ1) is 15.3. The molecule has 1 unspecified atom stereocenters. The number of sulfone groups is 1. The lowest BCUT2D eigenvalue weighted by Crippen LogP contribution is -2.55. The highest BCUT2D eigenvalue weighted by atomic mass is 32.2. The van der Waals surface area contributed by atoms with Gasteiger partial charge in [0, 0.05) is 23.5 Å². The Kier molecular flexibility index (Phi) is 4.11. The van der Waals surface area contributed by atoms with Crippen LogP contribution in [0.3, 0.4) is 0 Å². The fourth-order valence-corrected chi connectivity index (χ4v) is 3.58. The molecule has 0 radical (unpaired) electrons. The number of rotatable bonds is 3. The van der Waals surface area contributed by atoms with Crippen molar-refractivity contribution in [2.45, 2.75) is 57.3 Å². The second-order valence-electron chi connectivity index (χ2n) is 6.44. The maximum Gasteiger partial charge on any atom is 0.407 e. The van der Waals surface area contributed by atoms with Gasteiger partial charge in [0.05, 0.1) is 5.75 Å². The number of carbonyl (C=O) groups excluding carboxylic acids is 1. The highest BCUT2D eigenvalue weighted by molar-refractivity contribution is 7.94. The van der Waals surface area contributed by atoms with Gasteiger partial charge in [0.15, 0.2) is 9.84 Å². The lowest BCUT2D eigenvalue weighted by Gasteiger charge is -2.37. The average molecular weight is 302 g/mol. The Morgan fingerprint density at radius 1 is 1.25 bits per heavy atom. The number of hydrogen-bond acceptors (Lipinski definition) is 5. The number of carbonyl (C=O) groups is 1. The van der Waals surface area contributed by atoms with E-state index in [1.165, 1.54) is 5.41 Å². The zero-order chi connectivity index (χ0) is 15.0. The first-order chi connectivity index (χ1) is 9.13. The highest BCUT2D eigenvalue weighted by Crippen LogP contribution is 2.22. The van der Waals surface area contributed by atoms with E-state index in [1.54, 1.807) is 6.08 Å². The number of alkyl carbamates (subject to hydrolysis) is 1. The van der Waals surface area contributed by atoms with E-state index in [0.29, 0.717) is 0 Å². The van der Waals surface area contributed by atoms with E-state index in [-0.39, 0.29) is 23.9 Å². The van der Waals surface area contributed by atoms with Crippen molar-refractivity contribution in [2.75, 3.05) is 5.75 Å². The van der Waals surface area contributed by atoms with Crippen molar-refractivity contribution in [1.29, 1.82) is 0 Å². The van der Waals surface area contributed by atoms with E-state index in [2.05, 4.69) is 10.6 Å². The molecule has 1 aliphatic heterocycles. The van der Waals surface area contributed by atoms with Crippen LogP contribution < -0.4 is 10.6 Å². The SMILES string of the molecule is CC(C)(C)OC(=O)NC1CC(NC2C=CS(=O)(=O)C2)C1. The minimum atomic E-state index is -3.01. The lowest BCUT2D eigenvalue weighted by molar-refractivity contribution is 0.0464. The van der Waals surface area contributed by atoms with Crippen LogP contribution in [-0.4, -0.2) is 44.0 Å². The standard InChI is InChI=1S/C13H22N2O4S/c1-13(2,3)19-12(16)15-11-6-10(7-11)14-9-4-5-20(17,18)8-9/h4-5,9-11,14H,6-8H2,1-3H3,(H,15,16). The third-order valence-electron chi connectivity index (χ3n) is 3.24. The quantitative estimate of drug-likeness (QED) is 0.810. The molecular formula is C13H22N2O4S. The first-order valence-electron chi connectivity index (χ1n) is 6.79. The molecule has 0 aromatic carbocycles. The Morgan fingerprint density at radius 3 is 2.40 bits per heavy atom.